The first-order chi connectivity index (χ1) is 10.6. The fourth-order valence-electron chi connectivity index (χ4n) is 3.38. The molecule has 114 valence electrons. The minimum absolute atomic E-state index is 0.252. The highest BCUT2D eigenvalue weighted by Gasteiger charge is 2.23. The summed E-state index contributed by atoms with van der Waals surface area (Å²) < 4.78 is 0. The number of aromatic nitrogens is 1. The number of nitrogens with two attached hydrogens (primary N) is 1. The number of rotatable bonds is 3. The molecular formula is C19H22N2S. The molecule has 1 aliphatic rings. The van der Waals surface area contributed by atoms with Gasteiger partial charge in [0.1, 0.15) is 0 Å². The first kappa shape index (κ1) is 14.0. The second-order valence-electron chi connectivity index (χ2n) is 6.69. The highest BCUT2D eigenvalue weighted by Crippen LogP contribution is 2.41. The van der Waals surface area contributed by atoms with Crippen molar-refractivity contribution in [2.45, 2.75) is 39.2 Å². The Morgan fingerprint density at radius 1 is 1.23 bits per heavy atom. The van der Waals surface area contributed by atoms with E-state index in [9.17, 15) is 0 Å². The summed E-state index contributed by atoms with van der Waals surface area (Å²) >= 11 is 1.95. The molecular weight excluding hydrogens is 288 g/mol. The molecule has 0 amide bonds. The van der Waals surface area contributed by atoms with E-state index in [0.29, 0.717) is 5.92 Å². The van der Waals surface area contributed by atoms with Crippen molar-refractivity contribution in [1.82, 2.24) is 4.98 Å². The van der Waals surface area contributed by atoms with Crippen LogP contribution in [0.5, 0.6) is 0 Å². The monoisotopic (exact) mass is 310 g/mol. The van der Waals surface area contributed by atoms with Crippen LogP contribution in [0.4, 0.5) is 0 Å². The van der Waals surface area contributed by atoms with Gasteiger partial charge in [-0.05, 0) is 42.9 Å². The number of fused-ring (bicyclic) bond motifs is 5. The Balaban J connectivity index is 1.77. The SMILES string of the molecule is CC(C)C(N)Cc1cc2c(s1)CCc1c-2[nH]c2ccccc12. The van der Waals surface area contributed by atoms with Crippen LogP contribution in [-0.4, -0.2) is 11.0 Å². The Labute approximate surface area is 135 Å². The Hall–Kier alpha value is -1.58. The highest BCUT2D eigenvalue weighted by molar-refractivity contribution is 7.12. The van der Waals surface area contributed by atoms with Crippen LogP contribution in [0.1, 0.15) is 29.2 Å². The molecule has 0 bridgehead atoms. The van der Waals surface area contributed by atoms with Gasteiger partial charge in [0.15, 0.2) is 0 Å². The lowest BCUT2D eigenvalue weighted by Gasteiger charge is -2.13. The molecule has 3 N–H and O–H groups in total. The summed E-state index contributed by atoms with van der Waals surface area (Å²) in [6.07, 6.45) is 3.29. The van der Waals surface area contributed by atoms with Crippen LogP contribution in [0.25, 0.3) is 22.2 Å². The van der Waals surface area contributed by atoms with E-state index in [1.165, 1.54) is 37.5 Å². The zero-order valence-corrected chi connectivity index (χ0v) is 14.0. The Morgan fingerprint density at radius 3 is 2.86 bits per heavy atom. The lowest BCUT2D eigenvalue weighted by Crippen LogP contribution is -2.28. The molecule has 2 aromatic heterocycles. The van der Waals surface area contributed by atoms with E-state index in [4.69, 9.17) is 5.73 Å². The van der Waals surface area contributed by atoms with Crippen molar-refractivity contribution in [1.29, 1.82) is 0 Å². The average molecular weight is 310 g/mol. The van der Waals surface area contributed by atoms with Crippen LogP contribution >= 0.6 is 11.3 Å². The third-order valence-corrected chi connectivity index (χ3v) is 6.06. The van der Waals surface area contributed by atoms with Crippen LogP contribution in [0.3, 0.4) is 0 Å². The van der Waals surface area contributed by atoms with Crippen LogP contribution in [0.2, 0.25) is 0 Å². The molecule has 4 rings (SSSR count). The summed E-state index contributed by atoms with van der Waals surface area (Å²) in [5, 5.41) is 1.38. The van der Waals surface area contributed by atoms with Gasteiger partial charge in [0.25, 0.3) is 0 Å². The van der Waals surface area contributed by atoms with E-state index in [1.807, 2.05) is 11.3 Å². The highest BCUT2D eigenvalue weighted by atomic mass is 32.1. The fraction of sp³-hybridized carbons (Fsp3) is 0.368. The zero-order chi connectivity index (χ0) is 15.3. The number of benzene rings is 1. The normalized spacial score (nSPS) is 15.1. The predicted molar refractivity (Wildman–Crippen MR) is 95.5 cm³/mol. The molecule has 0 fully saturated rings. The number of aromatic amines is 1. The third kappa shape index (κ3) is 2.20. The smallest absolute Gasteiger partial charge is 0.0508 e. The molecule has 1 atom stereocenters. The van der Waals surface area contributed by atoms with E-state index in [2.05, 4.69) is 49.2 Å². The van der Waals surface area contributed by atoms with Gasteiger partial charge >= 0.3 is 0 Å². The summed E-state index contributed by atoms with van der Waals surface area (Å²) in [5.41, 5.74) is 11.8. The van der Waals surface area contributed by atoms with E-state index in [-0.39, 0.29) is 6.04 Å². The van der Waals surface area contributed by atoms with Crippen molar-refractivity contribution in [3.8, 4) is 11.3 Å². The van der Waals surface area contributed by atoms with Gasteiger partial charge in [0.2, 0.25) is 0 Å². The van der Waals surface area contributed by atoms with Gasteiger partial charge < -0.3 is 10.7 Å². The molecule has 0 saturated heterocycles. The number of H-pyrrole nitrogens is 1. The lowest BCUT2D eigenvalue weighted by molar-refractivity contribution is 0.493. The average Bonchev–Trinajstić information content (AvgIpc) is 3.07. The Bertz CT molecular complexity index is 825. The van der Waals surface area contributed by atoms with E-state index >= 15 is 0 Å². The minimum atomic E-state index is 0.252. The van der Waals surface area contributed by atoms with Crippen LogP contribution in [-0.2, 0) is 19.3 Å². The zero-order valence-electron chi connectivity index (χ0n) is 13.1. The molecule has 1 unspecified atom stereocenters. The van der Waals surface area contributed by atoms with E-state index < -0.39 is 0 Å². The summed E-state index contributed by atoms with van der Waals surface area (Å²) in [4.78, 5) is 6.58. The van der Waals surface area contributed by atoms with Crippen LogP contribution in [0, 0.1) is 5.92 Å². The Kier molecular flexibility index (Phi) is 3.35. The molecule has 22 heavy (non-hydrogen) atoms. The number of hydrogen-bond donors (Lipinski definition) is 2. The van der Waals surface area contributed by atoms with Gasteiger partial charge in [-0.2, -0.15) is 0 Å². The van der Waals surface area contributed by atoms with Crippen molar-refractivity contribution >= 4 is 22.2 Å². The van der Waals surface area contributed by atoms with Gasteiger partial charge in [-0.25, -0.2) is 0 Å². The molecule has 3 heteroatoms. The molecule has 0 aliphatic heterocycles. The fourth-order valence-corrected chi connectivity index (χ4v) is 4.62. The maximum absolute atomic E-state index is 6.26. The van der Waals surface area contributed by atoms with Gasteiger partial charge in [-0.3, -0.25) is 0 Å². The summed E-state index contributed by atoms with van der Waals surface area (Å²) in [5.74, 6) is 0.530. The maximum atomic E-state index is 6.26. The number of hydrogen-bond acceptors (Lipinski definition) is 2. The molecule has 1 aliphatic carbocycles. The molecule has 0 radical (unpaired) electrons. The second-order valence-corrected chi connectivity index (χ2v) is 7.91. The molecule has 0 saturated carbocycles. The van der Waals surface area contributed by atoms with Gasteiger partial charge in [-0.15, -0.1) is 11.3 Å². The predicted octanol–water partition coefficient (Wildman–Crippen LogP) is 4.52. The minimum Gasteiger partial charge on any atom is -0.354 e. The van der Waals surface area contributed by atoms with Crippen LogP contribution < -0.4 is 5.73 Å². The third-order valence-electron chi connectivity index (χ3n) is 4.84. The maximum Gasteiger partial charge on any atom is 0.0508 e. The van der Waals surface area contributed by atoms with E-state index in [0.717, 1.165) is 19.3 Å². The van der Waals surface area contributed by atoms with E-state index in [1.54, 1.807) is 0 Å². The largest absolute Gasteiger partial charge is 0.354 e. The van der Waals surface area contributed by atoms with Crippen molar-refractivity contribution < 1.29 is 0 Å². The number of thiophene rings is 1. The Morgan fingerprint density at radius 2 is 2.05 bits per heavy atom. The first-order valence-electron chi connectivity index (χ1n) is 8.10. The molecule has 1 aromatic carbocycles. The molecule has 2 nitrogen and oxygen atoms in total. The van der Waals surface area contributed by atoms with Gasteiger partial charge in [0, 0.05) is 32.3 Å². The molecule has 3 aromatic rings. The summed E-state index contributed by atoms with van der Waals surface area (Å²) in [6.45, 7) is 4.40. The quantitative estimate of drug-likeness (QED) is 0.733. The topological polar surface area (TPSA) is 41.8 Å². The van der Waals surface area contributed by atoms with Crippen molar-refractivity contribution in [3.63, 3.8) is 0 Å². The van der Waals surface area contributed by atoms with Crippen LogP contribution in [0.15, 0.2) is 30.3 Å². The molecule has 2 heterocycles. The standard InChI is InChI=1S/C19H22N2S/c1-11(2)16(20)10-12-9-15-18(22-12)8-7-14-13-5-3-4-6-17(13)21-19(14)15/h3-6,9,11,16,21H,7-8,10,20H2,1-2H3. The van der Waals surface area contributed by atoms with Gasteiger partial charge in [0.05, 0.1) is 5.69 Å². The van der Waals surface area contributed by atoms with Gasteiger partial charge in [-0.1, -0.05) is 32.0 Å². The second kappa shape index (κ2) is 5.25. The number of nitrogens with one attached hydrogen (secondary N) is 1. The molecule has 0 spiro atoms. The first-order valence-corrected chi connectivity index (χ1v) is 8.92. The lowest BCUT2D eigenvalue weighted by atomic mass is 9.94. The van der Waals surface area contributed by atoms with Crippen molar-refractivity contribution in [2.75, 3.05) is 0 Å². The number of para-hydroxylation sites is 1. The van der Waals surface area contributed by atoms with Crippen molar-refractivity contribution in [3.05, 3.63) is 45.6 Å². The number of aryl methyl sites for hydroxylation is 2. The summed E-state index contributed by atoms with van der Waals surface area (Å²) in [6, 6.07) is 11.3. The summed E-state index contributed by atoms with van der Waals surface area (Å²) in [7, 11) is 0. The van der Waals surface area contributed by atoms with Crippen molar-refractivity contribution in [2.24, 2.45) is 11.7 Å².